The summed E-state index contributed by atoms with van der Waals surface area (Å²) in [6.07, 6.45) is 1.04. The highest BCUT2D eigenvalue weighted by Crippen LogP contribution is 2.28. The third-order valence-corrected chi connectivity index (χ3v) is 3.44. The van der Waals surface area contributed by atoms with Gasteiger partial charge in [0.05, 0.1) is 0 Å². The zero-order valence-corrected chi connectivity index (χ0v) is 9.66. The van der Waals surface area contributed by atoms with Crippen LogP contribution >= 0.6 is 11.8 Å². The minimum absolute atomic E-state index is 0.904. The Labute approximate surface area is 90.4 Å². The third-order valence-electron chi connectivity index (χ3n) is 2.22. The summed E-state index contributed by atoms with van der Waals surface area (Å²) in [4.78, 5) is 1.17. The van der Waals surface area contributed by atoms with Gasteiger partial charge in [-0.2, -0.15) is 0 Å². The van der Waals surface area contributed by atoms with Crippen LogP contribution in [0.5, 0.6) is 0 Å². The molecule has 0 aromatic heterocycles. The average molecular weight is 207 g/mol. The molecule has 0 amide bonds. The molecule has 1 rings (SSSR count). The van der Waals surface area contributed by atoms with Crippen LogP contribution in [0.2, 0.25) is 0 Å². The quantitative estimate of drug-likeness (QED) is 0.463. The molecule has 0 atom stereocenters. The lowest BCUT2D eigenvalue weighted by Gasteiger charge is -2.08. The van der Waals surface area contributed by atoms with Gasteiger partial charge in [-0.1, -0.05) is 31.2 Å². The first-order valence-electron chi connectivity index (χ1n) is 4.79. The van der Waals surface area contributed by atoms with Gasteiger partial charge in [0.2, 0.25) is 0 Å². The van der Waals surface area contributed by atoms with Gasteiger partial charge in [-0.25, -0.2) is 0 Å². The molecule has 1 aromatic rings. The van der Waals surface area contributed by atoms with Crippen molar-refractivity contribution in [1.29, 1.82) is 0 Å². The number of hydrogen-bond acceptors (Lipinski definition) is 2. The maximum atomic E-state index is 5.96. The van der Waals surface area contributed by atoms with Gasteiger partial charge in [0.15, 0.2) is 0 Å². The van der Waals surface area contributed by atoms with E-state index in [0.717, 1.165) is 23.4 Å². The van der Waals surface area contributed by atoms with Crippen molar-refractivity contribution in [2.24, 2.45) is 0 Å². The summed E-state index contributed by atoms with van der Waals surface area (Å²) < 4.78 is 0. The first-order chi connectivity index (χ1) is 6.65. The molecule has 0 spiro atoms. The Hall–Kier alpha value is -0.890. The molecule has 0 radical (unpaired) electrons. The standard InChI is InChI=1S/C12H17NS/c1-4-9(2)8-14-11-7-5-6-10(3)12(11)13/h5-7H,2,4,8,13H2,1,3H3. The molecule has 0 aliphatic carbocycles. The van der Waals surface area contributed by atoms with Crippen molar-refractivity contribution < 1.29 is 0 Å². The van der Waals surface area contributed by atoms with E-state index in [1.807, 2.05) is 19.1 Å². The molecule has 0 aliphatic rings. The number of aryl methyl sites for hydroxylation is 1. The Morgan fingerprint density at radius 2 is 2.21 bits per heavy atom. The fourth-order valence-corrected chi connectivity index (χ4v) is 2.12. The van der Waals surface area contributed by atoms with Crippen LogP contribution in [0, 0.1) is 6.92 Å². The monoisotopic (exact) mass is 207 g/mol. The van der Waals surface area contributed by atoms with Crippen LogP contribution < -0.4 is 5.73 Å². The first kappa shape index (κ1) is 11.2. The van der Waals surface area contributed by atoms with E-state index in [1.54, 1.807) is 11.8 Å². The van der Waals surface area contributed by atoms with E-state index in [0.29, 0.717) is 0 Å². The van der Waals surface area contributed by atoms with E-state index in [1.165, 1.54) is 10.5 Å². The molecule has 2 heteroatoms. The van der Waals surface area contributed by atoms with E-state index < -0.39 is 0 Å². The van der Waals surface area contributed by atoms with Crippen molar-refractivity contribution in [1.82, 2.24) is 0 Å². The first-order valence-corrected chi connectivity index (χ1v) is 5.78. The van der Waals surface area contributed by atoms with Gasteiger partial charge < -0.3 is 5.73 Å². The summed E-state index contributed by atoms with van der Waals surface area (Å²) in [6, 6.07) is 6.15. The van der Waals surface area contributed by atoms with E-state index in [9.17, 15) is 0 Å². The van der Waals surface area contributed by atoms with Crippen LogP contribution in [0.25, 0.3) is 0 Å². The van der Waals surface area contributed by atoms with Crippen molar-refractivity contribution >= 4 is 17.4 Å². The molecule has 2 N–H and O–H groups in total. The van der Waals surface area contributed by atoms with Crippen molar-refractivity contribution in [2.45, 2.75) is 25.2 Å². The Bertz CT molecular complexity index is 331. The molecule has 0 aliphatic heterocycles. The molecule has 14 heavy (non-hydrogen) atoms. The topological polar surface area (TPSA) is 26.0 Å². The lowest BCUT2D eigenvalue weighted by molar-refractivity contribution is 1.12. The number of hydrogen-bond donors (Lipinski definition) is 1. The number of nitrogens with two attached hydrogens (primary N) is 1. The number of anilines is 1. The fraction of sp³-hybridized carbons (Fsp3) is 0.333. The molecular weight excluding hydrogens is 190 g/mol. The average Bonchev–Trinajstić information content (AvgIpc) is 2.20. The second-order valence-electron chi connectivity index (χ2n) is 3.38. The smallest absolute Gasteiger partial charge is 0.0482 e. The maximum absolute atomic E-state index is 5.96. The highest BCUT2D eigenvalue weighted by Gasteiger charge is 2.02. The van der Waals surface area contributed by atoms with Gasteiger partial charge in [0.25, 0.3) is 0 Å². The fourth-order valence-electron chi connectivity index (χ4n) is 1.06. The van der Waals surface area contributed by atoms with Crippen molar-refractivity contribution in [3.8, 4) is 0 Å². The summed E-state index contributed by atoms with van der Waals surface area (Å²) >= 11 is 1.77. The minimum atomic E-state index is 0.904. The SMILES string of the molecule is C=C(CC)CSc1cccc(C)c1N. The van der Waals surface area contributed by atoms with E-state index >= 15 is 0 Å². The van der Waals surface area contributed by atoms with Crippen LogP contribution in [0.15, 0.2) is 35.2 Å². The zero-order valence-electron chi connectivity index (χ0n) is 8.84. The van der Waals surface area contributed by atoms with Crippen molar-refractivity contribution in [2.75, 3.05) is 11.5 Å². The Kier molecular flexibility index (Phi) is 4.08. The molecule has 1 nitrogen and oxygen atoms in total. The lowest BCUT2D eigenvalue weighted by atomic mass is 10.2. The third kappa shape index (κ3) is 2.81. The number of nitrogen functional groups attached to an aromatic ring is 1. The summed E-state index contributed by atoms with van der Waals surface area (Å²) in [6.45, 7) is 8.14. The minimum Gasteiger partial charge on any atom is -0.398 e. The van der Waals surface area contributed by atoms with Gasteiger partial charge in [0, 0.05) is 16.3 Å². The van der Waals surface area contributed by atoms with Crippen molar-refractivity contribution in [3.05, 3.63) is 35.9 Å². The van der Waals surface area contributed by atoms with Crippen LogP contribution in [-0.2, 0) is 0 Å². The lowest BCUT2D eigenvalue weighted by Crippen LogP contribution is -1.93. The van der Waals surface area contributed by atoms with Crippen LogP contribution in [0.4, 0.5) is 5.69 Å². The van der Waals surface area contributed by atoms with E-state index in [2.05, 4.69) is 19.6 Å². The molecular formula is C12H17NS. The zero-order chi connectivity index (χ0) is 10.6. The summed E-state index contributed by atoms with van der Waals surface area (Å²) in [5.41, 5.74) is 9.27. The van der Waals surface area contributed by atoms with Crippen molar-refractivity contribution in [3.63, 3.8) is 0 Å². The van der Waals surface area contributed by atoms with Crippen LogP contribution in [-0.4, -0.2) is 5.75 Å². The highest BCUT2D eigenvalue weighted by molar-refractivity contribution is 7.99. The van der Waals surface area contributed by atoms with Gasteiger partial charge >= 0.3 is 0 Å². The number of thioether (sulfide) groups is 1. The molecule has 0 fully saturated rings. The van der Waals surface area contributed by atoms with Crippen LogP contribution in [0.3, 0.4) is 0 Å². The molecule has 0 saturated heterocycles. The summed E-state index contributed by atoms with van der Waals surface area (Å²) in [5, 5.41) is 0. The van der Waals surface area contributed by atoms with Gasteiger partial charge in [-0.15, -0.1) is 11.8 Å². The molecule has 0 saturated carbocycles. The highest BCUT2D eigenvalue weighted by atomic mass is 32.2. The maximum Gasteiger partial charge on any atom is 0.0482 e. The largest absolute Gasteiger partial charge is 0.398 e. The van der Waals surface area contributed by atoms with Gasteiger partial charge in [-0.3, -0.25) is 0 Å². The number of para-hydroxylation sites is 1. The number of rotatable bonds is 4. The summed E-state index contributed by atoms with van der Waals surface area (Å²) in [7, 11) is 0. The summed E-state index contributed by atoms with van der Waals surface area (Å²) in [5.74, 6) is 0.962. The molecule has 76 valence electrons. The molecule has 0 heterocycles. The second kappa shape index (κ2) is 5.11. The van der Waals surface area contributed by atoms with Gasteiger partial charge in [0.1, 0.15) is 0 Å². The second-order valence-corrected chi connectivity index (χ2v) is 4.40. The Balaban J connectivity index is 2.68. The molecule has 1 aromatic carbocycles. The van der Waals surface area contributed by atoms with Gasteiger partial charge in [-0.05, 0) is 25.0 Å². The Morgan fingerprint density at radius 1 is 1.50 bits per heavy atom. The normalized spacial score (nSPS) is 10.1. The van der Waals surface area contributed by atoms with E-state index in [4.69, 9.17) is 5.73 Å². The predicted octanol–water partition coefficient (Wildman–Crippen LogP) is 3.64. The predicted molar refractivity (Wildman–Crippen MR) is 65.7 cm³/mol. The van der Waals surface area contributed by atoms with Crippen LogP contribution in [0.1, 0.15) is 18.9 Å². The molecule has 0 unspecified atom stereocenters. The van der Waals surface area contributed by atoms with E-state index in [-0.39, 0.29) is 0 Å². The Morgan fingerprint density at radius 3 is 2.86 bits per heavy atom. The molecule has 0 bridgehead atoms. The number of benzene rings is 1.